The van der Waals surface area contributed by atoms with Gasteiger partial charge in [0, 0.05) is 23.0 Å². The van der Waals surface area contributed by atoms with Crippen LogP contribution in [0.15, 0.2) is 59.5 Å². The predicted molar refractivity (Wildman–Crippen MR) is 91.4 cm³/mol. The summed E-state index contributed by atoms with van der Waals surface area (Å²) >= 11 is 5.86. The van der Waals surface area contributed by atoms with Gasteiger partial charge in [-0.15, -0.1) is 0 Å². The molecular weight excluding hydrogens is 326 g/mol. The number of hydrogen-bond acceptors (Lipinski definition) is 4. The SMILES string of the molecule is C[C@@H](NC(=O)Cc1coc(-c2ccc(Cl)cc2)n1)c1cccnc1. The van der Waals surface area contributed by atoms with Crippen molar-refractivity contribution in [1.29, 1.82) is 0 Å². The van der Waals surface area contributed by atoms with Crippen LogP contribution in [0.4, 0.5) is 0 Å². The molecule has 0 aliphatic carbocycles. The van der Waals surface area contributed by atoms with Crippen molar-refractivity contribution in [2.45, 2.75) is 19.4 Å². The second-order valence-corrected chi connectivity index (χ2v) is 5.84. The summed E-state index contributed by atoms with van der Waals surface area (Å²) in [4.78, 5) is 20.6. The standard InChI is InChI=1S/C18H16ClN3O2/c1-12(14-3-2-8-20-10-14)21-17(23)9-16-11-24-18(22-16)13-4-6-15(19)7-5-13/h2-8,10-12H,9H2,1H3,(H,21,23)/t12-/m1/s1. The first-order valence-corrected chi connectivity index (χ1v) is 7.89. The highest BCUT2D eigenvalue weighted by Gasteiger charge is 2.13. The number of aromatic nitrogens is 2. The number of halogens is 1. The fourth-order valence-electron chi connectivity index (χ4n) is 2.29. The van der Waals surface area contributed by atoms with Crippen LogP contribution in [-0.2, 0) is 11.2 Å². The number of amides is 1. The Morgan fingerprint density at radius 1 is 1.29 bits per heavy atom. The molecular formula is C18H16ClN3O2. The van der Waals surface area contributed by atoms with E-state index in [2.05, 4.69) is 15.3 Å². The largest absolute Gasteiger partial charge is 0.444 e. The van der Waals surface area contributed by atoms with Gasteiger partial charge in [-0.2, -0.15) is 0 Å². The second-order valence-electron chi connectivity index (χ2n) is 5.40. The number of nitrogens with zero attached hydrogens (tertiary/aromatic N) is 2. The Labute approximate surface area is 144 Å². The second kappa shape index (κ2) is 7.27. The lowest BCUT2D eigenvalue weighted by molar-refractivity contribution is -0.121. The molecule has 2 aromatic heterocycles. The average molecular weight is 342 g/mol. The van der Waals surface area contributed by atoms with E-state index in [1.807, 2.05) is 31.2 Å². The van der Waals surface area contributed by atoms with Crippen molar-refractivity contribution in [3.05, 3.63) is 71.3 Å². The van der Waals surface area contributed by atoms with Crippen molar-refractivity contribution < 1.29 is 9.21 Å². The van der Waals surface area contributed by atoms with Crippen molar-refractivity contribution in [3.8, 4) is 11.5 Å². The molecule has 0 unspecified atom stereocenters. The van der Waals surface area contributed by atoms with Gasteiger partial charge in [0.05, 0.1) is 18.2 Å². The monoisotopic (exact) mass is 341 g/mol. The van der Waals surface area contributed by atoms with E-state index in [1.54, 1.807) is 24.5 Å². The number of pyridine rings is 1. The fraction of sp³-hybridized carbons (Fsp3) is 0.167. The van der Waals surface area contributed by atoms with E-state index in [0.29, 0.717) is 16.6 Å². The lowest BCUT2D eigenvalue weighted by Gasteiger charge is -2.13. The van der Waals surface area contributed by atoms with E-state index in [4.69, 9.17) is 16.0 Å². The molecule has 0 spiro atoms. The molecule has 0 aliphatic heterocycles. The first-order valence-electron chi connectivity index (χ1n) is 7.51. The van der Waals surface area contributed by atoms with Crippen molar-refractivity contribution in [1.82, 2.24) is 15.3 Å². The predicted octanol–water partition coefficient (Wildman–Crippen LogP) is 3.81. The van der Waals surface area contributed by atoms with Gasteiger partial charge in [-0.1, -0.05) is 17.7 Å². The quantitative estimate of drug-likeness (QED) is 0.766. The average Bonchev–Trinajstić information content (AvgIpc) is 3.04. The maximum atomic E-state index is 12.2. The Bertz CT molecular complexity index is 816. The van der Waals surface area contributed by atoms with Crippen LogP contribution < -0.4 is 5.32 Å². The summed E-state index contributed by atoms with van der Waals surface area (Å²) in [6.45, 7) is 1.91. The van der Waals surface area contributed by atoms with E-state index in [1.165, 1.54) is 6.26 Å². The van der Waals surface area contributed by atoms with Crippen LogP contribution in [0.2, 0.25) is 5.02 Å². The molecule has 6 heteroatoms. The van der Waals surface area contributed by atoms with Gasteiger partial charge in [-0.05, 0) is 42.8 Å². The van der Waals surface area contributed by atoms with Gasteiger partial charge < -0.3 is 9.73 Å². The zero-order valence-corrected chi connectivity index (χ0v) is 13.8. The Hall–Kier alpha value is -2.66. The molecule has 0 radical (unpaired) electrons. The molecule has 1 atom stereocenters. The number of hydrogen-bond donors (Lipinski definition) is 1. The molecule has 0 saturated heterocycles. The number of nitrogens with one attached hydrogen (secondary N) is 1. The van der Waals surface area contributed by atoms with Gasteiger partial charge in [-0.3, -0.25) is 9.78 Å². The van der Waals surface area contributed by atoms with Crippen LogP contribution in [0.3, 0.4) is 0 Å². The molecule has 3 rings (SSSR count). The summed E-state index contributed by atoms with van der Waals surface area (Å²) in [5, 5.41) is 3.57. The third-order valence-corrected chi connectivity index (χ3v) is 3.80. The summed E-state index contributed by atoms with van der Waals surface area (Å²) in [5.74, 6) is 0.345. The fourth-order valence-corrected chi connectivity index (χ4v) is 2.41. The van der Waals surface area contributed by atoms with Gasteiger partial charge in [-0.25, -0.2) is 4.98 Å². The number of rotatable bonds is 5. The molecule has 0 aliphatic rings. The maximum Gasteiger partial charge on any atom is 0.226 e. The van der Waals surface area contributed by atoms with E-state index < -0.39 is 0 Å². The molecule has 3 aromatic rings. The minimum atomic E-state index is -0.123. The molecule has 24 heavy (non-hydrogen) atoms. The van der Waals surface area contributed by atoms with Crippen molar-refractivity contribution in [3.63, 3.8) is 0 Å². The Balaban J connectivity index is 1.62. The minimum absolute atomic E-state index is 0.117. The molecule has 5 nitrogen and oxygen atoms in total. The van der Waals surface area contributed by atoms with E-state index in [9.17, 15) is 4.79 Å². The molecule has 2 heterocycles. The van der Waals surface area contributed by atoms with E-state index in [-0.39, 0.29) is 18.4 Å². The molecule has 0 fully saturated rings. The van der Waals surface area contributed by atoms with E-state index >= 15 is 0 Å². The maximum absolute atomic E-state index is 12.2. The third-order valence-electron chi connectivity index (χ3n) is 3.55. The summed E-state index contributed by atoms with van der Waals surface area (Å²) in [5.41, 5.74) is 2.35. The van der Waals surface area contributed by atoms with Gasteiger partial charge in [0.15, 0.2) is 0 Å². The molecule has 1 aromatic carbocycles. The Morgan fingerprint density at radius 3 is 2.79 bits per heavy atom. The lowest BCUT2D eigenvalue weighted by atomic mass is 10.1. The number of oxazole rings is 1. The summed E-state index contributed by atoms with van der Waals surface area (Å²) in [6.07, 6.45) is 5.09. The van der Waals surface area contributed by atoms with Crippen LogP contribution in [0, 0.1) is 0 Å². The van der Waals surface area contributed by atoms with Crippen LogP contribution in [-0.4, -0.2) is 15.9 Å². The highest BCUT2D eigenvalue weighted by molar-refractivity contribution is 6.30. The molecule has 0 bridgehead atoms. The van der Waals surface area contributed by atoms with Crippen LogP contribution in [0.25, 0.3) is 11.5 Å². The van der Waals surface area contributed by atoms with Gasteiger partial charge >= 0.3 is 0 Å². The highest BCUT2D eigenvalue weighted by atomic mass is 35.5. The first kappa shape index (κ1) is 16.2. The molecule has 122 valence electrons. The molecule has 1 amide bonds. The van der Waals surface area contributed by atoms with Crippen LogP contribution >= 0.6 is 11.6 Å². The summed E-state index contributed by atoms with van der Waals surface area (Å²) in [7, 11) is 0. The first-order chi connectivity index (χ1) is 11.6. The van der Waals surface area contributed by atoms with Crippen LogP contribution in [0.1, 0.15) is 24.2 Å². The topological polar surface area (TPSA) is 68.0 Å². The third kappa shape index (κ3) is 4.00. The van der Waals surface area contributed by atoms with Gasteiger partial charge in [0.2, 0.25) is 11.8 Å². The zero-order valence-electron chi connectivity index (χ0n) is 13.1. The molecule has 0 saturated carbocycles. The van der Waals surface area contributed by atoms with Crippen molar-refractivity contribution >= 4 is 17.5 Å². The lowest BCUT2D eigenvalue weighted by Crippen LogP contribution is -2.28. The number of benzene rings is 1. The number of carbonyl (C=O) groups is 1. The van der Waals surface area contributed by atoms with Crippen LogP contribution in [0.5, 0.6) is 0 Å². The normalized spacial score (nSPS) is 11.9. The smallest absolute Gasteiger partial charge is 0.226 e. The summed E-state index contributed by atoms with van der Waals surface area (Å²) in [6, 6.07) is 10.8. The van der Waals surface area contributed by atoms with E-state index in [0.717, 1.165) is 11.1 Å². The van der Waals surface area contributed by atoms with Crippen molar-refractivity contribution in [2.75, 3.05) is 0 Å². The molecule has 1 N–H and O–H groups in total. The number of carbonyl (C=O) groups excluding carboxylic acids is 1. The van der Waals surface area contributed by atoms with Gasteiger partial charge in [0.1, 0.15) is 6.26 Å². The zero-order chi connectivity index (χ0) is 16.9. The highest BCUT2D eigenvalue weighted by Crippen LogP contribution is 2.21. The Kier molecular flexibility index (Phi) is 4.91. The van der Waals surface area contributed by atoms with Crippen molar-refractivity contribution in [2.24, 2.45) is 0 Å². The Morgan fingerprint density at radius 2 is 2.08 bits per heavy atom. The minimum Gasteiger partial charge on any atom is -0.444 e. The summed E-state index contributed by atoms with van der Waals surface area (Å²) < 4.78 is 5.44. The van der Waals surface area contributed by atoms with Gasteiger partial charge in [0.25, 0.3) is 0 Å².